The van der Waals surface area contributed by atoms with Crippen molar-refractivity contribution in [2.45, 2.75) is 13.3 Å². The summed E-state index contributed by atoms with van der Waals surface area (Å²) in [6.07, 6.45) is 3.44. The quantitative estimate of drug-likeness (QED) is 0.604. The van der Waals surface area contributed by atoms with Crippen molar-refractivity contribution in [1.29, 1.82) is 0 Å². The maximum absolute atomic E-state index is 3.86. The van der Waals surface area contributed by atoms with E-state index in [-0.39, 0.29) is 32.7 Å². The molecule has 0 aliphatic carbocycles. The summed E-state index contributed by atoms with van der Waals surface area (Å²) >= 11 is 0. The third-order valence-electron chi connectivity index (χ3n) is 1.06. The number of hydrogen-bond acceptors (Lipinski definition) is 2. The van der Waals surface area contributed by atoms with Crippen molar-refractivity contribution >= 4 is 0 Å². The van der Waals surface area contributed by atoms with E-state index in [4.69, 9.17) is 0 Å². The zero-order chi connectivity index (χ0) is 5.98. The first-order valence-electron chi connectivity index (χ1n) is 2.60. The summed E-state index contributed by atoms with van der Waals surface area (Å²) < 4.78 is 1.72. The standard InChI is InChI=1S/C5H8N3.Y/c1-3-5-6-4-7-8(5)2;/h3H2,1-2H3;/q-1;. The molecule has 1 aromatic heterocycles. The molecule has 47 valence electrons. The molecule has 0 atom stereocenters. The van der Waals surface area contributed by atoms with Gasteiger partial charge in [0.2, 0.25) is 0 Å². The third kappa shape index (κ3) is 2.14. The smallest absolute Gasteiger partial charge is 0.0107 e. The van der Waals surface area contributed by atoms with Crippen LogP contribution in [-0.4, -0.2) is 14.8 Å². The summed E-state index contributed by atoms with van der Waals surface area (Å²) in [6, 6.07) is 0. The Labute approximate surface area is 79.7 Å². The van der Waals surface area contributed by atoms with Crippen LogP contribution in [0.15, 0.2) is 0 Å². The average Bonchev–Trinajstić information content (AvgIpc) is 2.14. The SMILES string of the molecule is CCc1n[c-]nn1C.[Y]. The van der Waals surface area contributed by atoms with Gasteiger partial charge in [0.05, 0.1) is 0 Å². The van der Waals surface area contributed by atoms with E-state index < -0.39 is 0 Å². The van der Waals surface area contributed by atoms with Gasteiger partial charge in [-0.1, -0.05) is 13.3 Å². The van der Waals surface area contributed by atoms with Crippen LogP contribution in [0.2, 0.25) is 0 Å². The minimum atomic E-state index is 0. The number of nitrogens with zero attached hydrogens (tertiary/aromatic N) is 3. The van der Waals surface area contributed by atoms with Crippen molar-refractivity contribution in [1.82, 2.24) is 14.8 Å². The van der Waals surface area contributed by atoms with Crippen LogP contribution < -0.4 is 0 Å². The van der Waals surface area contributed by atoms with E-state index in [0.29, 0.717) is 0 Å². The summed E-state index contributed by atoms with van der Waals surface area (Å²) in [5.41, 5.74) is 0. The summed E-state index contributed by atoms with van der Waals surface area (Å²) in [5.74, 6) is 0.977. The minimum absolute atomic E-state index is 0. The maximum Gasteiger partial charge on any atom is 0.0107 e. The fourth-order valence-corrected chi connectivity index (χ4v) is 0.585. The normalized spacial score (nSPS) is 8.67. The molecule has 4 heteroatoms. The second-order valence-electron chi connectivity index (χ2n) is 1.61. The Morgan fingerprint density at radius 3 is 2.56 bits per heavy atom. The predicted octanol–water partition coefficient (Wildman–Crippen LogP) is 0.175. The largest absolute Gasteiger partial charge is 0.418 e. The Hall–Kier alpha value is 0.244. The summed E-state index contributed by atoms with van der Waals surface area (Å²) in [4.78, 5) is 3.86. The van der Waals surface area contributed by atoms with Gasteiger partial charge in [0.25, 0.3) is 0 Å². The molecule has 1 rings (SSSR count). The van der Waals surface area contributed by atoms with Gasteiger partial charge in [-0.2, -0.15) is 0 Å². The fraction of sp³-hybridized carbons (Fsp3) is 0.600. The Kier molecular flexibility index (Phi) is 4.23. The van der Waals surface area contributed by atoms with Crippen molar-refractivity contribution in [3.63, 3.8) is 0 Å². The number of hydrogen-bond donors (Lipinski definition) is 0. The molecule has 0 bridgehead atoms. The molecule has 0 saturated heterocycles. The molecule has 0 unspecified atom stereocenters. The van der Waals surface area contributed by atoms with Crippen LogP contribution in [0.1, 0.15) is 12.7 Å². The molecule has 1 heterocycles. The first-order chi connectivity index (χ1) is 3.84. The van der Waals surface area contributed by atoms with Gasteiger partial charge in [-0.3, -0.25) is 5.10 Å². The van der Waals surface area contributed by atoms with Crippen LogP contribution in [0.3, 0.4) is 0 Å². The maximum atomic E-state index is 3.86. The van der Waals surface area contributed by atoms with Gasteiger partial charge in [-0.05, 0) is 12.2 Å². The molecule has 0 aliphatic heterocycles. The first kappa shape index (κ1) is 9.24. The van der Waals surface area contributed by atoms with Crippen molar-refractivity contribution in [3.05, 3.63) is 12.2 Å². The topological polar surface area (TPSA) is 30.7 Å². The summed E-state index contributed by atoms with van der Waals surface area (Å²) in [7, 11) is 1.86. The van der Waals surface area contributed by atoms with Gasteiger partial charge in [0.1, 0.15) is 0 Å². The van der Waals surface area contributed by atoms with Gasteiger partial charge in [-0.25, -0.2) is 0 Å². The van der Waals surface area contributed by atoms with E-state index in [2.05, 4.69) is 16.4 Å². The number of rotatable bonds is 1. The van der Waals surface area contributed by atoms with Gasteiger partial charge in [0, 0.05) is 39.8 Å². The number of aryl methyl sites for hydroxylation is 2. The molecule has 0 amide bonds. The van der Waals surface area contributed by atoms with Gasteiger partial charge in [0.15, 0.2) is 0 Å². The molecule has 0 aromatic carbocycles. The van der Waals surface area contributed by atoms with E-state index in [1.165, 1.54) is 0 Å². The molecule has 3 nitrogen and oxygen atoms in total. The van der Waals surface area contributed by atoms with Crippen LogP contribution >= 0.6 is 0 Å². The van der Waals surface area contributed by atoms with Gasteiger partial charge < -0.3 is 9.67 Å². The molecular weight excluding hydrogens is 191 g/mol. The van der Waals surface area contributed by atoms with Crippen LogP contribution in [0, 0.1) is 6.33 Å². The van der Waals surface area contributed by atoms with Gasteiger partial charge in [-0.15, -0.1) is 0 Å². The van der Waals surface area contributed by atoms with Crippen LogP contribution in [-0.2, 0) is 46.2 Å². The Balaban J connectivity index is 0.000000640. The fourth-order valence-electron chi connectivity index (χ4n) is 0.585. The van der Waals surface area contributed by atoms with Crippen molar-refractivity contribution in [2.75, 3.05) is 0 Å². The van der Waals surface area contributed by atoms with E-state index in [9.17, 15) is 0 Å². The summed E-state index contributed by atoms with van der Waals surface area (Å²) in [5, 5.41) is 3.77. The number of aromatic nitrogens is 3. The molecule has 9 heavy (non-hydrogen) atoms. The van der Waals surface area contributed by atoms with Crippen LogP contribution in [0.25, 0.3) is 0 Å². The zero-order valence-corrected chi connectivity index (χ0v) is 8.46. The molecular formula is C5H8N3Y-. The van der Waals surface area contributed by atoms with Crippen molar-refractivity contribution < 1.29 is 32.7 Å². The summed E-state index contributed by atoms with van der Waals surface area (Å²) in [6.45, 7) is 2.04. The van der Waals surface area contributed by atoms with Gasteiger partial charge >= 0.3 is 0 Å². The van der Waals surface area contributed by atoms with E-state index in [1.54, 1.807) is 4.68 Å². The second kappa shape index (κ2) is 4.12. The van der Waals surface area contributed by atoms with Crippen molar-refractivity contribution in [3.8, 4) is 0 Å². The second-order valence-corrected chi connectivity index (χ2v) is 1.61. The molecule has 0 spiro atoms. The zero-order valence-electron chi connectivity index (χ0n) is 5.63. The van der Waals surface area contributed by atoms with Crippen LogP contribution in [0.5, 0.6) is 0 Å². The van der Waals surface area contributed by atoms with E-state index >= 15 is 0 Å². The molecule has 0 aliphatic rings. The molecule has 0 fully saturated rings. The molecule has 0 N–H and O–H groups in total. The van der Waals surface area contributed by atoms with E-state index in [0.717, 1.165) is 12.2 Å². The van der Waals surface area contributed by atoms with Crippen LogP contribution in [0.4, 0.5) is 0 Å². The van der Waals surface area contributed by atoms with Crippen molar-refractivity contribution in [2.24, 2.45) is 7.05 Å². The third-order valence-corrected chi connectivity index (χ3v) is 1.06. The first-order valence-corrected chi connectivity index (χ1v) is 2.60. The molecule has 1 aromatic rings. The van der Waals surface area contributed by atoms with E-state index in [1.807, 2.05) is 14.0 Å². The minimum Gasteiger partial charge on any atom is -0.418 e. The molecule has 1 radical (unpaired) electrons. The predicted molar refractivity (Wildman–Crippen MR) is 29.2 cm³/mol. The molecule has 0 saturated carbocycles. The average molecular weight is 199 g/mol. The Bertz CT molecular complexity index is 172. The Morgan fingerprint density at radius 2 is 2.33 bits per heavy atom. The monoisotopic (exact) mass is 199 g/mol. The Morgan fingerprint density at radius 1 is 1.67 bits per heavy atom.